The van der Waals surface area contributed by atoms with Gasteiger partial charge in [-0.25, -0.2) is 19.9 Å². The molecule has 0 saturated heterocycles. The molecule has 12 nitrogen and oxygen atoms in total. The van der Waals surface area contributed by atoms with Gasteiger partial charge < -0.3 is 39.1 Å². The molecule has 144 valence electrons. The first-order chi connectivity index (χ1) is 14.1. The molecule has 0 amide bonds. The zero-order valence-electron chi connectivity index (χ0n) is 15.6. The third kappa shape index (κ3) is 3.28. The van der Waals surface area contributed by atoms with Crippen LogP contribution in [0.2, 0.25) is 0 Å². The number of rotatable bonds is 8. The van der Waals surface area contributed by atoms with Crippen molar-refractivity contribution in [2.24, 2.45) is 0 Å². The van der Waals surface area contributed by atoms with E-state index in [-0.39, 0.29) is 52.9 Å². The number of aromatic nitrogens is 8. The van der Waals surface area contributed by atoms with E-state index in [1.165, 1.54) is 49.6 Å². The molecule has 0 aliphatic heterocycles. The fraction of sp³-hybridized carbons (Fsp3) is 0. The molecule has 0 saturated carbocycles. The van der Waals surface area contributed by atoms with Crippen molar-refractivity contribution in [3.63, 3.8) is 0 Å². The first-order valence-corrected chi connectivity index (χ1v) is 8.39. The quantitative estimate of drug-likeness (QED) is 0.220. The van der Waals surface area contributed by atoms with Crippen LogP contribution in [-0.4, -0.2) is 68.7 Å². The van der Waals surface area contributed by atoms with Crippen LogP contribution in [0.25, 0.3) is 0 Å². The zero-order valence-corrected chi connectivity index (χ0v) is 17.6. The average molecular weight is 414 g/mol. The minimum absolute atomic E-state index is 0. The Bertz CT molecular complexity index is 980. The van der Waals surface area contributed by atoms with Gasteiger partial charge in [-0.1, -0.05) is 0 Å². The van der Waals surface area contributed by atoms with Gasteiger partial charge in [0.1, 0.15) is 23.3 Å². The second kappa shape index (κ2) is 8.53. The van der Waals surface area contributed by atoms with Crippen LogP contribution in [0.3, 0.4) is 0 Å². The number of aromatic amines is 4. The first-order valence-electron chi connectivity index (χ1n) is 8.39. The number of carbonyl (C=O) groups is 4. The number of hydrogen-bond donors (Lipinski definition) is 4. The van der Waals surface area contributed by atoms with Gasteiger partial charge in [-0.2, -0.15) is 0 Å². The molecule has 0 radical (unpaired) electrons. The van der Waals surface area contributed by atoms with Crippen molar-refractivity contribution >= 4 is 28.9 Å². The van der Waals surface area contributed by atoms with Crippen molar-refractivity contribution in [2.75, 3.05) is 0 Å². The van der Waals surface area contributed by atoms with E-state index in [0.29, 0.717) is 0 Å². The van der Waals surface area contributed by atoms with E-state index >= 15 is 0 Å². The maximum atomic E-state index is 13.5. The second-order valence-electron chi connectivity index (χ2n) is 6.07. The van der Waals surface area contributed by atoms with E-state index < -0.39 is 28.9 Å². The molecule has 4 N–H and O–H groups in total. The third-order valence-corrected chi connectivity index (χ3v) is 4.50. The van der Waals surface area contributed by atoms with E-state index in [1.54, 1.807) is 0 Å². The van der Waals surface area contributed by atoms with Crippen molar-refractivity contribution < 1.29 is 48.7 Å². The number of carbonyl (C=O) groups excluding carboxylic acids is 4. The molecule has 0 atom stereocenters. The fourth-order valence-electron chi connectivity index (χ4n) is 3.13. The number of H-pyrrole nitrogens is 4. The summed E-state index contributed by atoms with van der Waals surface area (Å²) >= 11 is 0. The molecule has 4 aromatic heterocycles. The molecule has 14 heteroatoms. The molecule has 0 unspecified atom stereocenters. The van der Waals surface area contributed by atoms with Gasteiger partial charge in [0.25, 0.3) is 0 Å². The van der Waals surface area contributed by atoms with Crippen LogP contribution in [0.15, 0.2) is 49.6 Å². The third-order valence-electron chi connectivity index (χ3n) is 4.50. The molecule has 30 heavy (non-hydrogen) atoms. The second-order valence-corrected chi connectivity index (χ2v) is 6.07. The predicted octanol–water partition coefficient (Wildman–Crippen LogP) is -2.98. The number of nitrogens with zero attached hydrogens (tertiary/aromatic N) is 4. The van der Waals surface area contributed by atoms with Crippen LogP contribution in [0, 0.1) is 0 Å². The molecule has 0 spiro atoms. The summed E-state index contributed by atoms with van der Waals surface area (Å²) in [6.07, 6.45) is 6.57. The molecule has 0 aliphatic carbocycles. The molecule has 4 aromatic rings. The summed E-state index contributed by atoms with van der Waals surface area (Å²) in [5, 5.41) is 0. The van der Waals surface area contributed by atoms with Gasteiger partial charge in [0, 0.05) is 49.6 Å². The van der Waals surface area contributed by atoms with E-state index in [9.17, 15) is 19.2 Å². The van der Waals surface area contributed by atoms with Crippen molar-refractivity contribution in [3.05, 3.63) is 72.9 Å². The van der Waals surface area contributed by atoms with Crippen LogP contribution in [0.5, 0.6) is 0 Å². The summed E-state index contributed by atoms with van der Waals surface area (Å²) in [4.78, 5) is 79.5. The van der Waals surface area contributed by atoms with Crippen LogP contribution in [0.4, 0.5) is 0 Å². The molecule has 0 bridgehead atoms. The Balaban J connectivity index is 0.00000256. The van der Waals surface area contributed by atoms with Crippen LogP contribution >= 0.6 is 0 Å². The van der Waals surface area contributed by atoms with Gasteiger partial charge in [-0.05, 0) is 0 Å². The standard InChI is InChI=1S/C16H12BN8O4.Na/c26-9(13-18-1-2-19-13)17(10(27)14-20-3-4-21-14,11(28)15-22-5-6-23-15)12(29)16-24-7-8-25-16;/h1-8H,(H,18,19)(H,20,21)(H,22,23)(H,24,25);/q-1;+1. The Kier molecular flexibility index (Phi) is 6.05. The Morgan fingerprint density at radius 3 is 0.933 bits per heavy atom. The van der Waals surface area contributed by atoms with Gasteiger partial charge in [0.15, 0.2) is 0 Å². The zero-order chi connectivity index (χ0) is 20.4. The maximum absolute atomic E-state index is 13.5. The van der Waals surface area contributed by atoms with Crippen molar-refractivity contribution in [3.8, 4) is 0 Å². The number of imidazole rings is 4. The normalized spacial score (nSPS) is 10.9. The summed E-state index contributed by atoms with van der Waals surface area (Å²) in [6, 6.07) is 0. The monoisotopic (exact) mass is 414 g/mol. The number of nitrogens with one attached hydrogen (secondary N) is 4. The van der Waals surface area contributed by atoms with E-state index in [2.05, 4.69) is 39.9 Å². The SMILES string of the molecule is O=C(c1ncc[nH]1)[B-](C(=O)c1ncc[nH]1)(C(=O)c1ncc[nH]1)C(=O)c1ncc[nH]1.[Na+]. The summed E-state index contributed by atoms with van der Waals surface area (Å²) < 4.78 is 0. The molecule has 0 aliphatic rings. The summed E-state index contributed by atoms with van der Waals surface area (Å²) in [6.45, 7) is 0. The first kappa shape index (κ1) is 21.3. The Hall–Kier alpha value is -3.42. The molecule has 0 fully saturated rings. The summed E-state index contributed by atoms with van der Waals surface area (Å²) in [5.41, 5.74) is -4.39. The molecular weight excluding hydrogens is 402 g/mol. The largest absolute Gasteiger partial charge is 1.00 e. The van der Waals surface area contributed by atoms with Crippen molar-refractivity contribution in [1.29, 1.82) is 0 Å². The van der Waals surface area contributed by atoms with Gasteiger partial charge >= 0.3 is 35.7 Å². The minimum atomic E-state index is -3.82. The molecule has 0 aromatic carbocycles. The van der Waals surface area contributed by atoms with Crippen LogP contribution in [0.1, 0.15) is 42.5 Å². The van der Waals surface area contributed by atoms with E-state index in [1.807, 2.05) is 0 Å². The van der Waals surface area contributed by atoms with Gasteiger partial charge in [-0.15, -0.1) is 0 Å². The Morgan fingerprint density at radius 1 is 0.533 bits per heavy atom. The topological polar surface area (TPSA) is 183 Å². The van der Waals surface area contributed by atoms with E-state index in [4.69, 9.17) is 0 Å². The van der Waals surface area contributed by atoms with Gasteiger partial charge in [0.2, 0.25) is 0 Å². The minimum Gasteiger partial charge on any atom is -0.345 e. The van der Waals surface area contributed by atoms with Crippen molar-refractivity contribution in [2.45, 2.75) is 0 Å². The summed E-state index contributed by atoms with van der Waals surface area (Å²) in [5.74, 6) is -1.32. The summed E-state index contributed by atoms with van der Waals surface area (Å²) in [7, 11) is 0. The average Bonchev–Trinajstić information content (AvgIpc) is 3.55. The van der Waals surface area contributed by atoms with Crippen LogP contribution < -0.4 is 29.6 Å². The molecule has 4 heterocycles. The predicted molar refractivity (Wildman–Crippen MR) is 97.4 cm³/mol. The maximum Gasteiger partial charge on any atom is 1.00 e. The molecular formula is C16H12BN8NaO4. The Labute approximate surface area is 189 Å². The number of hydrogen-bond acceptors (Lipinski definition) is 8. The van der Waals surface area contributed by atoms with Gasteiger partial charge in [0.05, 0.1) is 22.7 Å². The fourth-order valence-corrected chi connectivity index (χ4v) is 3.13. The Morgan fingerprint density at radius 2 is 0.767 bits per heavy atom. The van der Waals surface area contributed by atoms with Crippen LogP contribution in [-0.2, 0) is 0 Å². The molecule has 4 rings (SSSR count). The van der Waals surface area contributed by atoms with Gasteiger partial charge in [-0.3, -0.25) is 0 Å². The van der Waals surface area contributed by atoms with E-state index in [0.717, 1.165) is 0 Å². The smallest absolute Gasteiger partial charge is 0.345 e. The van der Waals surface area contributed by atoms with Crippen molar-refractivity contribution in [1.82, 2.24) is 39.9 Å².